The van der Waals surface area contributed by atoms with Gasteiger partial charge in [-0.15, -0.1) is 0 Å². The lowest BCUT2D eigenvalue weighted by molar-refractivity contribution is 0.158. The number of hydrogen-bond donors (Lipinski definition) is 1. The van der Waals surface area contributed by atoms with Crippen LogP contribution >= 0.6 is 0 Å². The van der Waals surface area contributed by atoms with E-state index in [2.05, 4.69) is 12.2 Å². The average Bonchev–Trinajstić information content (AvgIpc) is 2.22. The molecule has 1 saturated heterocycles. The molecule has 0 radical (unpaired) electrons. The molecule has 1 aliphatic carbocycles. The van der Waals surface area contributed by atoms with Crippen LogP contribution < -0.4 is 5.32 Å². The van der Waals surface area contributed by atoms with Crippen molar-refractivity contribution in [2.24, 2.45) is 11.8 Å². The van der Waals surface area contributed by atoms with Gasteiger partial charge in [-0.25, -0.2) is 4.79 Å². The summed E-state index contributed by atoms with van der Waals surface area (Å²) in [5.74, 6) is 1.61. The summed E-state index contributed by atoms with van der Waals surface area (Å²) in [4.78, 5) is 13.6. The fraction of sp³-hybridized carbons (Fsp3) is 0.917. The topological polar surface area (TPSA) is 32.3 Å². The molecule has 0 aromatic heterocycles. The van der Waals surface area contributed by atoms with Crippen LogP contribution in [0.5, 0.6) is 0 Å². The van der Waals surface area contributed by atoms with Crippen LogP contribution in [0.2, 0.25) is 0 Å². The second kappa shape index (κ2) is 4.86. The lowest BCUT2D eigenvalue weighted by atomic mass is 9.82. The van der Waals surface area contributed by atoms with Crippen molar-refractivity contribution in [2.75, 3.05) is 19.6 Å². The number of rotatable bonds is 2. The van der Waals surface area contributed by atoms with Crippen molar-refractivity contribution in [3.05, 3.63) is 0 Å². The second-order valence-electron chi connectivity index (χ2n) is 5.17. The van der Waals surface area contributed by atoms with Gasteiger partial charge in [0.05, 0.1) is 0 Å². The third-order valence-corrected chi connectivity index (χ3v) is 3.69. The normalized spacial score (nSPS) is 32.6. The van der Waals surface area contributed by atoms with Gasteiger partial charge < -0.3 is 10.2 Å². The van der Waals surface area contributed by atoms with Gasteiger partial charge in [0.25, 0.3) is 0 Å². The maximum Gasteiger partial charge on any atom is 0.317 e. The van der Waals surface area contributed by atoms with Gasteiger partial charge in [-0.1, -0.05) is 19.8 Å². The summed E-state index contributed by atoms with van der Waals surface area (Å²) >= 11 is 0. The van der Waals surface area contributed by atoms with Crippen LogP contribution in [0.1, 0.15) is 39.0 Å². The largest absolute Gasteiger partial charge is 0.338 e. The Morgan fingerprint density at radius 3 is 3.00 bits per heavy atom. The first kappa shape index (κ1) is 10.8. The first-order valence-electron chi connectivity index (χ1n) is 6.28. The third-order valence-electron chi connectivity index (χ3n) is 3.69. The molecule has 1 heterocycles. The van der Waals surface area contributed by atoms with Crippen LogP contribution in [-0.2, 0) is 0 Å². The minimum absolute atomic E-state index is 0.152. The van der Waals surface area contributed by atoms with Crippen molar-refractivity contribution < 1.29 is 4.79 Å². The van der Waals surface area contributed by atoms with Gasteiger partial charge in [-0.05, 0) is 31.1 Å². The quantitative estimate of drug-likeness (QED) is 0.744. The van der Waals surface area contributed by atoms with E-state index in [9.17, 15) is 4.79 Å². The van der Waals surface area contributed by atoms with Crippen LogP contribution in [0.3, 0.4) is 0 Å². The number of carbonyl (C=O) groups excluding carboxylic acids is 1. The van der Waals surface area contributed by atoms with Crippen LogP contribution in [0.25, 0.3) is 0 Å². The zero-order valence-electron chi connectivity index (χ0n) is 9.67. The smallest absolute Gasteiger partial charge is 0.317 e. The van der Waals surface area contributed by atoms with Gasteiger partial charge in [0.15, 0.2) is 0 Å². The average molecular weight is 210 g/mol. The Bertz CT molecular complexity index is 230. The van der Waals surface area contributed by atoms with Gasteiger partial charge in [0, 0.05) is 19.6 Å². The molecule has 15 heavy (non-hydrogen) atoms. The van der Waals surface area contributed by atoms with E-state index >= 15 is 0 Å². The molecule has 0 spiro atoms. The maximum absolute atomic E-state index is 11.6. The zero-order chi connectivity index (χ0) is 10.7. The van der Waals surface area contributed by atoms with Crippen LogP contribution in [0, 0.1) is 11.8 Å². The van der Waals surface area contributed by atoms with E-state index in [1.807, 2.05) is 4.90 Å². The van der Waals surface area contributed by atoms with Crippen molar-refractivity contribution in [3.63, 3.8) is 0 Å². The Balaban J connectivity index is 1.81. The number of hydrogen-bond acceptors (Lipinski definition) is 1. The molecule has 2 unspecified atom stereocenters. The lowest BCUT2D eigenvalue weighted by Crippen LogP contribution is -2.48. The van der Waals surface area contributed by atoms with E-state index in [0.717, 1.165) is 37.9 Å². The summed E-state index contributed by atoms with van der Waals surface area (Å²) in [5.41, 5.74) is 0. The van der Waals surface area contributed by atoms with E-state index in [1.54, 1.807) is 0 Å². The second-order valence-corrected chi connectivity index (χ2v) is 5.17. The number of urea groups is 1. The van der Waals surface area contributed by atoms with Crippen molar-refractivity contribution in [1.82, 2.24) is 10.2 Å². The minimum Gasteiger partial charge on any atom is -0.338 e. The molecule has 2 aliphatic rings. The number of carbonyl (C=O) groups is 1. The Hall–Kier alpha value is -0.730. The fourth-order valence-corrected chi connectivity index (χ4v) is 2.89. The van der Waals surface area contributed by atoms with Crippen molar-refractivity contribution in [3.8, 4) is 0 Å². The van der Waals surface area contributed by atoms with Crippen molar-refractivity contribution in [2.45, 2.75) is 39.0 Å². The van der Waals surface area contributed by atoms with Gasteiger partial charge >= 0.3 is 6.03 Å². The highest BCUT2D eigenvalue weighted by Gasteiger charge is 2.24. The highest BCUT2D eigenvalue weighted by Crippen LogP contribution is 2.29. The molecular weight excluding hydrogens is 188 g/mol. The first-order chi connectivity index (χ1) is 7.25. The summed E-state index contributed by atoms with van der Waals surface area (Å²) < 4.78 is 0. The number of nitrogens with one attached hydrogen (secondary N) is 1. The van der Waals surface area contributed by atoms with E-state index in [0.29, 0.717) is 0 Å². The molecule has 3 nitrogen and oxygen atoms in total. The van der Waals surface area contributed by atoms with E-state index in [1.165, 1.54) is 25.7 Å². The van der Waals surface area contributed by atoms with Gasteiger partial charge in [0.1, 0.15) is 0 Å². The molecule has 1 saturated carbocycles. The molecule has 0 bridgehead atoms. The molecule has 1 N–H and O–H groups in total. The molecule has 2 rings (SSSR count). The number of amides is 2. The third kappa shape index (κ3) is 2.86. The molecule has 86 valence electrons. The molecule has 0 aromatic carbocycles. The fourth-order valence-electron chi connectivity index (χ4n) is 2.89. The highest BCUT2D eigenvalue weighted by atomic mass is 16.2. The molecule has 1 aliphatic heterocycles. The van der Waals surface area contributed by atoms with Crippen molar-refractivity contribution in [1.29, 1.82) is 0 Å². The summed E-state index contributed by atoms with van der Waals surface area (Å²) in [7, 11) is 0. The van der Waals surface area contributed by atoms with Gasteiger partial charge in [0.2, 0.25) is 0 Å². The summed E-state index contributed by atoms with van der Waals surface area (Å²) in [5, 5.41) is 2.92. The highest BCUT2D eigenvalue weighted by molar-refractivity contribution is 5.74. The summed E-state index contributed by atoms with van der Waals surface area (Å²) in [6.07, 6.45) is 6.45. The molecule has 3 heteroatoms. The summed E-state index contributed by atoms with van der Waals surface area (Å²) in [6, 6.07) is 0.152. The maximum atomic E-state index is 11.6. The van der Waals surface area contributed by atoms with Crippen LogP contribution in [0.4, 0.5) is 4.79 Å². The molecule has 2 fully saturated rings. The monoisotopic (exact) mass is 210 g/mol. The Morgan fingerprint density at radius 1 is 1.40 bits per heavy atom. The van der Waals surface area contributed by atoms with E-state index in [4.69, 9.17) is 0 Å². The predicted octanol–water partition coefficient (Wildman–Crippen LogP) is 2.23. The first-order valence-corrected chi connectivity index (χ1v) is 6.28. The van der Waals surface area contributed by atoms with Crippen molar-refractivity contribution >= 4 is 6.03 Å². The zero-order valence-corrected chi connectivity index (χ0v) is 9.67. The molecule has 0 aromatic rings. The number of nitrogens with zero attached hydrogens (tertiary/aromatic N) is 1. The van der Waals surface area contributed by atoms with Gasteiger partial charge in [-0.2, -0.15) is 0 Å². The lowest BCUT2D eigenvalue weighted by Gasteiger charge is -2.34. The predicted molar refractivity (Wildman–Crippen MR) is 60.7 cm³/mol. The standard InChI is InChI=1S/C12H22N2O/c1-10-4-2-5-11(8-10)9-14-7-3-6-13-12(14)15/h10-11H,2-9H2,1H3,(H,13,15). The Kier molecular flexibility index (Phi) is 3.49. The van der Waals surface area contributed by atoms with Crippen LogP contribution in [0.15, 0.2) is 0 Å². The Labute approximate surface area is 92.2 Å². The van der Waals surface area contributed by atoms with E-state index in [-0.39, 0.29) is 6.03 Å². The Morgan fingerprint density at radius 2 is 2.27 bits per heavy atom. The van der Waals surface area contributed by atoms with Gasteiger partial charge in [-0.3, -0.25) is 0 Å². The molecule has 2 atom stereocenters. The molecular formula is C12H22N2O. The minimum atomic E-state index is 0.152. The van der Waals surface area contributed by atoms with E-state index < -0.39 is 0 Å². The molecule has 2 amide bonds. The summed E-state index contributed by atoms with van der Waals surface area (Å²) in [6.45, 7) is 5.13. The van der Waals surface area contributed by atoms with Crippen LogP contribution in [-0.4, -0.2) is 30.6 Å². The SMILES string of the molecule is CC1CCCC(CN2CCCNC2=O)C1.